The number of hydrogen-bond acceptors (Lipinski definition) is 5. The molecule has 0 bridgehead atoms. The number of unbranched alkanes of at least 4 members (excludes halogenated alkanes) is 1. The van der Waals surface area contributed by atoms with E-state index in [2.05, 4.69) is 22.3 Å². The highest BCUT2D eigenvalue weighted by molar-refractivity contribution is 5.86. The van der Waals surface area contributed by atoms with Crippen molar-refractivity contribution in [3.63, 3.8) is 0 Å². The van der Waals surface area contributed by atoms with Gasteiger partial charge in [0.05, 0.1) is 12.5 Å². The van der Waals surface area contributed by atoms with Crippen LogP contribution in [-0.4, -0.2) is 40.4 Å². The fraction of sp³-hybridized carbons (Fsp3) is 0.632. The third-order valence-corrected chi connectivity index (χ3v) is 4.87. The molecule has 2 heterocycles. The molecule has 7 nitrogen and oxygen atoms in total. The van der Waals surface area contributed by atoms with E-state index in [0.717, 1.165) is 47.1 Å². The van der Waals surface area contributed by atoms with Gasteiger partial charge in [-0.05, 0) is 37.8 Å². The zero-order valence-electron chi connectivity index (χ0n) is 16.6. The van der Waals surface area contributed by atoms with Crippen molar-refractivity contribution in [2.75, 3.05) is 13.7 Å². The number of carbonyl (C=O) groups excluding carboxylic acids is 1. The molecule has 0 aromatic carbocycles. The molecule has 1 atom stereocenters. The number of aromatic nitrogens is 3. The maximum absolute atomic E-state index is 12.3. The Bertz CT molecular complexity index is 769. The zero-order valence-corrected chi connectivity index (χ0v) is 16.6. The Hall–Kier alpha value is -2.15. The summed E-state index contributed by atoms with van der Waals surface area (Å²) in [6, 6.07) is 0.0590. The van der Waals surface area contributed by atoms with Crippen molar-refractivity contribution in [3.05, 3.63) is 16.8 Å². The van der Waals surface area contributed by atoms with E-state index in [1.54, 1.807) is 11.8 Å². The number of amides is 1. The van der Waals surface area contributed by atoms with Crippen molar-refractivity contribution < 1.29 is 9.53 Å². The number of hydrogen-bond donors (Lipinski definition) is 2. The maximum atomic E-state index is 12.3. The van der Waals surface area contributed by atoms with Crippen LogP contribution in [0, 0.1) is 13.8 Å². The summed E-state index contributed by atoms with van der Waals surface area (Å²) in [7, 11) is 3.46. The number of nitrogens with two attached hydrogens (primary N) is 1. The highest BCUT2D eigenvalue weighted by atomic mass is 16.5. The van der Waals surface area contributed by atoms with Crippen molar-refractivity contribution >= 4 is 16.9 Å². The first-order valence-electron chi connectivity index (χ1n) is 9.29. The van der Waals surface area contributed by atoms with Crippen LogP contribution >= 0.6 is 0 Å². The molecule has 2 aromatic rings. The molecule has 3 N–H and O–H groups in total. The van der Waals surface area contributed by atoms with E-state index in [4.69, 9.17) is 10.5 Å². The van der Waals surface area contributed by atoms with Gasteiger partial charge in [0.15, 0.2) is 5.65 Å². The summed E-state index contributed by atoms with van der Waals surface area (Å²) >= 11 is 0. The van der Waals surface area contributed by atoms with Crippen LogP contribution in [0.15, 0.2) is 0 Å². The molecular weight excluding hydrogens is 330 g/mol. The lowest BCUT2D eigenvalue weighted by Crippen LogP contribution is -2.40. The van der Waals surface area contributed by atoms with E-state index < -0.39 is 0 Å². The molecule has 144 valence electrons. The van der Waals surface area contributed by atoms with E-state index in [0.29, 0.717) is 25.3 Å². The van der Waals surface area contributed by atoms with E-state index in [9.17, 15) is 4.79 Å². The Labute approximate surface area is 155 Å². The Morgan fingerprint density at radius 1 is 1.38 bits per heavy atom. The van der Waals surface area contributed by atoms with Crippen LogP contribution in [0.3, 0.4) is 0 Å². The van der Waals surface area contributed by atoms with Crippen LogP contribution in [0.2, 0.25) is 0 Å². The average molecular weight is 361 g/mol. The van der Waals surface area contributed by atoms with Crippen LogP contribution in [0.1, 0.15) is 49.4 Å². The molecule has 2 aromatic heterocycles. The molecule has 1 amide bonds. The molecule has 0 aliphatic heterocycles. The lowest BCUT2D eigenvalue weighted by molar-refractivity contribution is -0.121. The van der Waals surface area contributed by atoms with E-state index >= 15 is 0 Å². The highest BCUT2D eigenvalue weighted by Crippen LogP contribution is 2.30. The van der Waals surface area contributed by atoms with Gasteiger partial charge in [-0.1, -0.05) is 19.8 Å². The fourth-order valence-corrected chi connectivity index (χ4v) is 3.35. The van der Waals surface area contributed by atoms with Crippen LogP contribution in [0.5, 0.6) is 5.88 Å². The summed E-state index contributed by atoms with van der Waals surface area (Å²) in [5.74, 6) is 0.606. The molecule has 0 aliphatic rings. The number of nitrogens with one attached hydrogen (secondary N) is 1. The number of rotatable bonds is 9. The number of methoxy groups -OCH3 is 1. The van der Waals surface area contributed by atoms with E-state index in [-0.39, 0.29) is 11.9 Å². The molecule has 26 heavy (non-hydrogen) atoms. The van der Waals surface area contributed by atoms with Gasteiger partial charge in [0.25, 0.3) is 0 Å². The van der Waals surface area contributed by atoms with Crippen LogP contribution < -0.4 is 15.8 Å². The van der Waals surface area contributed by atoms with Crippen molar-refractivity contribution in [2.24, 2.45) is 12.8 Å². The molecule has 0 saturated heterocycles. The van der Waals surface area contributed by atoms with Crippen LogP contribution in [0.25, 0.3) is 11.0 Å². The minimum Gasteiger partial charge on any atom is -0.479 e. The number of nitrogens with zero attached hydrogens (tertiary/aromatic N) is 3. The van der Waals surface area contributed by atoms with Crippen molar-refractivity contribution in [3.8, 4) is 5.88 Å². The Kier molecular flexibility index (Phi) is 6.97. The second-order valence-corrected chi connectivity index (χ2v) is 6.77. The third kappa shape index (κ3) is 4.33. The van der Waals surface area contributed by atoms with Gasteiger partial charge < -0.3 is 15.8 Å². The molecule has 0 fully saturated rings. The second-order valence-electron chi connectivity index (χ2n) is 6.77. The van der Waals surface area contributed by atoms with Gasteiger partial charge in [-0.3, -0.25) is 4.79 Å². The molecular formula is C19H31N5O2. The number of ether oxygens (including phenoxy) is 1. The van der Waals surface area contributed by atoms with E-state index in [1.807, 2.05) is 20.9 Å². The molecule has 2 rings (SSSR count). The van der Waals surface area contributed by atoms with Gasteiger partial charge in [0.2, 0.25) is 11.8 Å². The van der Waals surface area contributed by atoms with Crippen molar-refractivity contribution in [1.29, 1.82) is 0 Å². The molecule has 0 saturated carbocycles. The predicted octanol–water partition coefficient (Wildman–Crippen LogP) is 2.16. The first-order chi connectivity index (χ1) is 12.4. The SMILES string of the molecule is CCCCC(CN)NC(=O)CCc1c(C)nc2c(c(OC)nn2C)c1C. The predicted molar refractivity (Wildman–Crippen MR) is 103 cm³/mol. The quantitative estimate of drug-likeness (QED) is 0.714. The van der Waals surface area contributed by atoms with Gasteiger partial charge in [0, 0.05) is 31.7 Å². The maximum Gasteiger partial charge on any atom is 0.242 e. The molecule has 0 spiro atoms. The molecule has 1 unspecified atom stereocenters. The first kappa shape index (κ1) is 20.2. The average Bonchev–Trinajstić information content (AvgIpc) is 2.94. The Morgan fingerprint density at radius 2 is 2.12 bits per heavy atom. The lowest BCUT2D eigenvalue weighted by atomic mass is 10.00. The van der Waals surface area contributed by atoms with Crippen molar-refractivity contribution in [1.82, 2.24) is 20.1 Å². The van der Waals surface area contributed by atoms with Gasteiger partial charge in [-0.25, -0.2) is 9.67 Å². The standard InChI is InChI=1S/C19H31N5O2/c1-6-7-8-14(11-20)22-16(25)10-9-15-12(2)17-18(21-13(15)3)24(4)23-19(17)26-5/h14H,6-11,20H2,1-5H3,(H,22,25). The number of pyridine rings is 1. The van der Waals surface area contributed by atoms with Crippen LogP contribution in [0.4, 0.5) is 0 Å². The summed E-state index contributed by atoms with van der Waals surface area (Å²) in [5.41, 5.74) is 9.65. The minimum atomic E-state index is 0.0357. The second kappa shape index (κ2) is 8.98. The molecule has 0 aliphatic carbocycles. The summed E-state index contributed by atoms with van der Waals surface area (Å²) in [4.78, 5) is 17.0. The largest absolute Gasteiger partial charge is 0.479 e. The Morgan fingerprint density at radius 3 is 2.73 bits per heavy atom. The molecule has 7 heteroatoms. The van der Waals surface area contributed by atoms with Crippen LogP contribution in [-0.2, 0) is 18.3 Å². The summed E-state index contributed by atoms with van der Waals surface area (Å²) in [5, 5.41) is 8.33. The van der Waals surface area contributed by atoms with Gasteiger partial charge in [-0.2, -0.15) is 0 Å². The number of fused-ring (bicyclic) bond motifs is 1. The normalized spacial score (nSPS) is 12.4. The summed E-state index contributed by atoms with van der Waals surface area (Å²) in [6.45, 7) is 6.63. The topological polar surface area (TPSA) is 95.1 Å². The number of carbonyl (C=O) groups is 1. The minimum absolute atomic E-state index is 0.0357. The molecule has 0 radical (unpaired) electrons. The summed E-state index contributed by atoms with van der Waals surface area (Å²) in [6.07, 6.45) is 4.15. The van der Waals surface area contributed by atoms with Gasteiger partial charge >= 0.3 is 0 Å². The van der Waals surface area contributed by atoms with Gasteiger partial charge in [-0.15, -0.1) is 5.10 Å². The fourth-order valence-electron chi connectivity index (χ4n) is 3.35. The third-order valence-electron chi connectivity index (χ3n) is 4.87. The monoisotopic (exact) mass is 361 g/mol. The zero-order chi connectivity index (χ0) is 19.3. The number of aryl methyl sites for hydroxylation is 3. The summed E-state index contributed by atoms with van der Waals surface area (Å²) < 4.78 is 7.12. The van der Waals surface area contributed by atoms with E-state index in [1.165, 1.54) is 0 Å². The smallest absolute Gasteiger partial charge is 0.242 e. The lowest BCUT2D eigenvalue weighted by Gasteiger charge is -2.17. The highest BCUT2D eigenvalue weighted by Gasteiger charge is 2.19. The van der Waals surface area contributed by atoms with Crippen molar-refractivity contribution in [2.45, 2.75) is 58.9 Å². The van der Waals surface area contributed by atoms with Gasteiger partial charge in [0.1, 0.15) is 0 Å². The Balaban J connectivity index is 2.14. The first-order valence-corrected chi connectivity index (χ1v) is 9.29.